The van der Waals surface area contributed by atoms with Crippen LogP contribution in [0.15, 0.2) is 27.4 Å². The number of benzene rings is 1. The van der Waals surface area contributed by atoms with Gasteiger partial charge in [-0.1, -0.05) is 6.92 Å². The summed E-state index contributed by atoms with van der Waals surface area (Å²) >= 11 is 0. The summed E-state index contributed by atoms with van der Waals surface area (Å²) in [5.74, 6) is -3.42. The van der Waals surface area contributed by atoms with Gasteiger partial charge in [-0.3, -0.25) is 4.57 Å². The molecule has 0 fully saturated rings. The van der Waals surface area contributed by atoms with Crippen LogP contribution >= 0.6 is 0 Å². The molecule has 0 aliphatic heterocycles. The first kappa shape index (κ1) is 10.9. The van der Waals surface area contributed by atoms with Crippen LogP contribution in [0.25, 0.3) is 11.1 Å². The fourth-order valence-corrected chi connectivity index (χ4v) is 1.56. The summed E-state index contributed by atoms with van der Waals surface area (Å²) in [6.07, 6.45) is -0.274. The normalized spacial score (nSPS) is 12.2. The zero-order valence-electron chi connectivity index (χ0n) is 8.96. The fourth-order valence-electron chi connectivity index (χ4n) is 1.56. The van der Waals surface area contributed by atoms with Crippen LogP contribution in [0, 0.1) is 0 Å². The van der Waals surface area contributed by atoms with Crippen LogP contribution in [0.1, 0.15) is 18.9 Å². The highest BCUT2D eigenvalue weighted by molar-refractivity contribution is 5.73. The number of oxazole rings is 1. The topological polar surface area (TPSA) is 35.1 Å². The maximum atomic E-state index is 13.4. The third-order valence-electron chi connectivity index (χ3n) is 2.66. The highest BCUT2D eigenvalue weighted by Gasteiger charge is 2.29. The number of fused-ring (bicyclic) bond motifs is 1. The van der Waals surface area contributed by atoms with Gasteiger partial charge in [-0.25, -0.2) is 13.6 Å². The van der Waals surface area contributed by atoms with Gasteiger partial charge < -0.3 is 4.42 Å². The second kappa shape index (κ2) is 3.43. The van der Waals surface area contributed by atoms with Crippen LogP contribution < -0.4 is 5.76 Å². The Morgan fingerprint density at radius 1 is 1.44 bits per heavy atom. The lowest BCUT2D eigenvalue weighted by atomic mass is 10.1. The molecule has 0 N–H and O–H groups in total. The highest BCUT2D eigenvalue weighted by Crippen LogP contribution is 2.32. The molecule has 3 nitrogen and oxygen atoms in total. The zero-order valence-corrected chi connectivity index (χ0v) is 8.96. The standard InChI is InChI=1S/C11H11F2NO2/c1-3-11(12,13)7-4-5-9-8(6-7)14(2)10(15)16-9/h4-6H,3H2,1-2H3. The van der Waals surface area contributed by atoms with E-state index in [1.54, 1.807) is 0 Å². The molecule has 5 heteroatoms. The summed E-state index contributed by atoms with van der Waals surface area (Å²) in [5, 5.41) is 0. The van der Waals surface area contributed by atoms with Crippen molar-refractivity contribution >= 4 is 11.1 Å². The lowest BCUT2D eigenvalue weighted by Crippen LogP contribution is -2.12. The number of alkyl halides is 2. The minimum atomic E-state index is -2.87. The van der Waals surface area contributed by atoms with Crippen LogP contribution in [-0.2, 0) is 13.0 Å². The second-order valence-corrected chi connectivity index (χ2v) is 3.67. The Bertz CT molecular complexity index is 583. The molecule has 2 rings (SSSR count). The van der Waals surface area contributed by atoms with Gasteiger partial charge in [-0.2, -0.15) is 0 Å². The molecule has 2 aromatic rings. The Labute approximate surface area is 90.3 Å². The third-order valence-corrected chi connectivity index (χ3v) is 2.66. The van der Waals surface area contributed by atoms with Crippen molar-refractivity contribution < 1.29 is 13.2 Å². The predicted octanol–water partition coefficient (Wildman–Crippen LogP) is 2.63. The number of hydrogen-bond donors (Lipinski definition) is 0. The Balaban J connectivity index is 2.68. The SMILES string of the molecule is CCC(F)(F)c1ccc2oc(=O)n(C)c2c1. The van der Waals surface area contributed by atoms with Crippen molar-refractivity contribution in [2.45, 2.75) is 19.3 Å². The van der Waals surface area contributed by atoms with Crippen molar-refractivity contribution in [3.8, 4) is 0 Å². The van der Waals surface area contributed by atoms with Crippen LogP contribution in [0.3, 0.4) is 0 Å². The van der Waals surface area contributed by atoms with E-state index < -0.39 is 11.7 Å². The highest BCUT2D eigenvalue weighted by atomic mass is 19.3. The molecule has 0 unspecified atom stereocenters. The fraction of sp³-hybridized carbons (Fsp3) is 0.364. The Kier molecular flexibility index (Phi) is 2.33. The number of aromatic nitrogens is 1. The van der Waals surface area contributed by atoms with Crippen LogP contribution in [0.4, 0.5) is 8.78 Å². The first-order valence-electron chi connectivity index (χ1n) is 4.93. The summed E-state index contributed by atoms with van der Waals surface area (Å²) in [4.78, 5) is 11.2. The molecule has 0 aliphatic carbocycles. The van der Waals surface area contributed by atoms with E-state index in [1.165, 1.54) is 36.7 Å². The van der Waals surface area contributed by atoms with E-state index in [0.717, 1.165) is 0 Å². The summed E-state index contributed by atoms with van der Waals surface area (Å²) in [5.41, 5.74) is 0.609. The van der Waals surface area contributed by atoms with Gasteiger partial charge in [-0.15, -0.1) is 0 Å². The molecule has 0 radical (unpaired) electrons. The van der Waals surface area contributed by atoms with Crippen molar-refractivity contribution in [3.05, 3.63) is 34.3 Å². The molecule has 0 saturated carbocycles. The molecule has 16 heavy (non-hydrogen) atoms. The monoisotopic (exact) mass is 227 g/mol. The summed E-state index contributed by atoms with van der Waals surface area (Å²) in [6, 6.07) is 3.98. The molecule has 0 atom stereocenters. The average molecular weight is 227 g/mol. The first-order valence-corrected chi connectivity index (χ1v) is 4.93. The minimum Gasteiger partial charge on any atom is -0.408 e. The summed E-state index contributed by atoms with van der Waals surface area (Å²) in [7, 11) is 1.49. The summed E-state index contributed by atoms with van der Waals surface area (Å²) < 4.78 is 32.9. The Morgan fingerprint density at radius 2 is 2.12 bits per heavy atom. The first-order chi connectivity index (χ1) is 7.45. The van der Waals surface area contributed by atoms with Crippen LogP contribution in [0.5, 0.6) is 0 Å². The third kappa shape index (κ3) is 1.52. The van der Waals surface area contributed by atoms with Crippen LogP contribution in [-0.4, -0.2) is 4.57 Å². The van der Waals surface area contributed by atoms with E-state index in [4.69, 9.17) is 4.42 Å². The Morgan fingerprint density at radius 3 is 2.75 bits per heavy atom. The molecule has 0 amide bonds. The molecule has 1 aromatic heterocycles. The molecule has 0 saturated heterocycles. The average Bonchev–Trinajstić information content (AvgIpc) is 2.55. The zero-order chi connectivity index (χ0) is 11.9. The van der Waals surface area contributed by atoms with E-state index in [2.05, 4.69) is 0 Å². The number of hydrogen-bond acceptors (Lipinski definition) is 2. The van der Waals surface area contributed by atoms with Crippen molar-refractivity contribution in [1.29, 1.82) is 0 Å². The van der Waals surface area contributed by atoms with E-state index in [0.29, 0.717) is 11.1 Å². The Hall–Kier alpha value is -1.65. The molecule has 0 bridgehead atoms. The molecule has 0 aliphatic rings. The van der Waals surface area contributed by atoms with Crippen molar-refractivity contribution in [2.24, 2.45) is 7.05 Å². The molecule has 1 heterocycles. The maximum Gasteiger partial charge on any atom is 0.419 e. The molecule has 1 aromatic carbocycles. The van der Waals surface area contributed by atoms with Gasteiger partial charge in [0.15, 0.2) is 5.58 Å². The molecular formula is C11H11F2NO2. The van der Waals surface area contributed by atoms with E-state index in [9.17, 15) is 13.6 Å². The van der Waals surface area contributed by atoms with Gasteiger partial charge >= 0.3 is 5.76 Å². The molecular weight excluding hydrogens is 216 g/mol. The number of aryl methyl sites for hydroxylation is 1. The lowest BCUT2D eigenvalue weighted by molar-refractivity contribution is -0.00817. The van der Waals surface area contributed by atoms with E-state index in [-0.39, 0.29) is 12.0 Å². The minimum absolute atomic E-state index is 0.0982. The van der Waals surface area contributed by atoms with Gasteiger partial charge in [-0.05, 0) is 18.2 Å². The van der Waals surface area contributed by atoms with Crippen molar-refractivity contribution in [2.75, 3.05) is 0 Å². The quantitative estimate of drug-likeness (QED) is 0.790. The van der Waals surface area contributed by atoms with Gasteiger partial charge in [0, 0.05) is 19.0 Å². The van der Waals surface area contributed by atoms with Gasteiger partial charge in [0.05, 0.1) is 5.52 Å². The van der Waals surface area contributed by atoms with Gasteiger partial charge in [0.2, 0.25) is 0 Å². The number of nitrogens with zero attached hydrogens (tertiary/aromatic N) is 1. The van der Waals surface area contributed by atoms with Gasteiger partial charge in [0.1, 0.15) is 0 Å². The largest absolute Gasteiger partial charge is 0.419 e. The van der Waals surface area contributed by atoms with Crippen molar-refractivity contribution in [3.63, 3.8) is 0 Å². The smallest absolute Gasteiger partial charge is 0.408 e. The summed E-state index contributed by atoms with van der Waals surface area (Å²) in [6.45, 7) is 1.42. The lowest BCUT2D eigenvalue weighted by Gasteiger charge is -2.13. The molecule has 0 spiro atoms. The van der Waals surface area contributed by atoms with Gasteiger partial charge in [0.25, 0.3) is 5.92 Å². The van der Waals surface area contributed by atoms with E-state index >= 15 is 0 Å². The van der Waals surface area contributed by atoms with Crippen molar-refractivity contribution in [1.82, 2.24) is 4.57 Å². The maximum absolute atomic E-state index is 13.4. The molecule has 86 valence electrons. The van der Waals surface area contributed by atoms with Crippen LogP contribution in [0.2, 0.25) is 0 Å². The number of halogens is 2. The predicted molar refractivity (Wildman–Crippen MR) is 55.6 cm³/mol. The number of rotatable bonds is 2. The second-order valence-electron chi connectivity index (χ2n) is 3.67. The van der Waals surface area contributed by atoms with E-state index in [1.807, 2.05) is 0 Å².